The van der Waals surface area contributed by atoms with Crippen molar-refractivity contribution in [2.75, 3.05) is 18.2 Å². The van der Waals surface area contributed by atoms with Gasteiger partial charge < -0.3 is 10.1 Å². The zero-order valence-electron chi connectivity index (χ0n) is 9.08. The number of thioether (sulfide) groups is 1. The summed E-state index contributed by atoms with van der Waals surface area (Å²) >= 11 is 1.76. The minimum absolute atomic E-state index is 0.0864. The summed E-state index contributed by atoms with van der Waals surface area (Å²) < 4.78 is 5.16. The van der Waals surface area contributed by atoms with Crippen LogP contribution < -0.4 is 10.1 Å². The van der Waals surface area contributed by atoms with Crippen LogP contribution in [0.3, 0.4) is 0 Å². The molecule has 0 saturated heterocycles. The van der Waals surface area contributed by atoms with Crippen LogP contribution in [-0.4, -0.2) is 18.8 Å². The Bertz CT molecular complexity index is 454. The summed E-state index contributed by atoms with van der Waals surface area (Å²) in [6.07, 6.45) is 2.05. The molecule has 1 N–H and O–H groups in total. The number of hydrogen-bond acceptors (Lipinski definition) is 3. The number of nitrogens with one attached hydrogen (secondary N) is 1. The van der Waals surface area contributed by atoms with Crippen molar-refractivity contribution in [1.82, 2.24) is 0 Å². The molecular weight excluding hydrogens is 222 g/mol. The zero-order chi connectivity index (χ0) is 11.2. The van der Waals surface area contributed by atoms with Gasteiger partial charge in [0, 0.05) is 16.7 Å². The summed E-state index contributed by atoms with van der Waals surface area (Å²) in [4.78, 5) is 13.1. The van der Waals surface area contributed by atoms with Crippen molar-refractivity contribution in [1.29, 1.82) is 0 Å². The van der Waals surface area contributed by atoms with Gasteiger partial charge in [0.1, 0.15) is 5.75 Å². The maximum Gasteiger partial charge on any atom is 0.231 e. The lowest BCUT2D eigenvalue weighted by atomic mass is 10.1. The van der Waals surface area contributed by atoms with Crippen molar-refractivity contribution in [3.05, 3.63) is 18.2 Å². The molecule has 4 heteroatoms. The second-order valence-corrected chi connectivity index (χ2v) is 5.40. The molecule has 1 aromatic carbocycles. The van der Waals surface area contributed by atoms with Gasteiger partial charge in [-0.05, 0) is 25.0 Å². The Balaban J connectivity index is 1.97. The number of benzene rings is 1. The lowest BCUT2D eigenvalue weighted by molar-refractivity contribution is -0.120. The first-order chi connectivity index (χ1) is 7.73. The van der Waals surface area contributed by atoms with E-state index in [4.69, 9.17) is 4.74 Å². The van der Waals surface area contributed by atoms with E-state index in [-0.39, 0.29) is 11.3 Å². The van der Waals surface area contributed by atoms with E-state index in [0.717, 1.165) is 34.9 Å². The average molecular weight is 235 g/mol. The number of ether oxygens (including phenoxy) is 1. The summed E-state index contributed by atoms with van der Waals surface area (Å²) in [6.45, 7) is 0. The largest absolute Gasteiger partial charge is 0.497 e. The summed E-state index contributed by atoms with van der Waals surface area (Å²) in [6, 6.07) is 5.84. The molecule has 1 saturated carbocycles. The first kappa shape index (κ1) is 10.0. The van der Waals surface area contributed by atoms with Crippen molar-refractivity contribution in [2.24, 2.45) is 5.41 Å². The van der Waals surface area contributed by atoms with Crippen molar-refractivity contribution < 1.29 is 9.53 Å². The normalized spacial score (nSPS) is 20.9. The fourth-order valence-electron chi connectivity index (χ4n) is 1.92. The second kappa shape index (κ2) is 3.42. The topological polar surface area (TPSA) is 38.3 Å². The Labute approximate surface area is 98.6 Å². The van der Waals surface area contributed by atoms with Crippen LogP contribution in [0.1, 0.15) is 12.8 Å². The predicted molar refractivity (Wildman–Crippen MR) is 64.0 cm³/mol. The molecule has 3 rings (SSSR count). The standard InChI is InChI=1S/C12H13NO2S/c1-15-8-2-3-10-9(6-8)13-11(14)12(4-5-12)7-16-10/h2-3,6H,4-5,7H2,1H3,(H,13,14). The van der Waals surface area contributed by atoms with E-state index >= 15 is 0 Å². The van der Waals surface area contributed by atoms with Crippen LogP contribution in [0, 0.1) is 5.41 Å². The van der Waals surface area contributed by atoms with Gasteiger partial charge in [0.25, 0.3) is 0 Å². The van der Waals surface area contributed by atoms with Crippen molar-refractivity contribution in [2.45, 2.75) is 17.7 Å². The third kappa shape index (κ3) is 1.48. The Kier molecular flexibility index (Phi) is 2.14. The highest BCUT2D eigenvalue weighted by Gasteiger charge is 2.50. The first-order valence-electron chi connectivity index (χ1n) is 5.36. The molecule has 0 bridgehead atoms. The van der Waals surface area contributed by atoms with Gasteiger partial charge in [-0.1, -0.05) is 0 Å². The number of anilines is 1. The quantitative estimate of drug-likeness (QED) is 0.813. The molecule has 1 spiro atoms. The molecule has 1 aliphatic heterocycles. The minimum atomic E-state index is -0.0864. The van der Waals surface area contributed by atoms with Crippen molar-refractivity contribution in [3.8, 4) is 5.75 Å². The minimum Gasteiger partial charge on any atom is -0.497 e. The monoisotopic (exact) mass is 235 g/mol. The van der Waals surface area contributed by atoms with E-state index in [9.17, 15) is 4.79 Å². The van der Waals surface area contributed by atoms with E-state index in [1.807, 2.05) is 18.2 Å². The third-order valence-corrected chi connectivity index (χ3v) is 4.64. The maximum absolute atomic E-state index is 12.0. The average Bonchev–Trinajstić information content (AvgIpc) is 3.09. The smallest absolute Gasteiger partial charge is 0.231 e. The second-order valence-electron chi connectivity index (χ2n) is 4.39. The van der Waals surface area contributed by atoms with Gasteiger partial charge in [-0.2, -0.15) is 0 Å². The van der Waals surface area contributed by atoms with E-state index in [0.29, 0.717) is 0 Å². The van der Waals surface area contributed by atoms with Crippen LogP contribution >= 0.6 is 11.8 Å². The molecule has 0 atom stereocenters. The van der Waals surface area contributed by atoms with Gasteiger partial charge in [-0.25, -0.2) is 0 Å². The maximum atomic E-state index is 12.0. The van der Waals surface area contributed by atoms with Crippen LogP contribution in [0.4, 0.5) is 5.69 Å². The van der Waals surface area contributed by atoms with Gasteiger partial charge in [-0.15, -0.1) is 11.8 Å². The Morgan fingerprint density at radius 2 is 2.25 bits per heavy atom. The number of fused-ring (bicyclic) bond motifs is 1. The summed E-state index contributed by atoms with van der Waals surface area (Å²) in [5, 5.41) is 3.01. The lowest BCUT2D eigenvalue weighted by Gasteiger charge is -2.09. The number of rotatable bonds is 1. The van der Waals surface area contributed by atoms with Crippen LogP contribution in [0.15, 0.2) is 23.1 Å². The number of carbonyl (C=O) groups excluding carboxylic acids is 1. The lowest BCUT2D eigenvalue weighted by Crippen LogP contribution is -2.24. The highest BCUT2D eigenvalue weighted by Crippen LogP contribution is 2.52. The molecule has 1 aliphatic carbocycles. The molecule has 1 aromatic rings. The zero-order valence-corrected chi connectivity index (χ0v) is 9.89. The van der Waals surface area contributed by atoms with Crippen LogP contribution in [0.5, 0.6) is 5.75 Å². The van der Waals surface area contributed by atoms with Crippen LogP contribution in [0.2, 0.25) is 0 Å². The fourth-order valence-corrected chi connectivity index (χ4v) is 3.20. The van der Waals surface area contributed by atoms with Gasteiger partial charge >= 0.3 is 0 Å². The number of methoxy groups -OCH3 is 1. The van der Waals surface area contributed by atoms with Gasteiger partial charge in [0.05, 0.1) is 18.2 Å². The molecule has 0 radical (unpaired) electrons. The highest BCUT2D eigenvalue weighted by atomic mass is 32.2. The first-order valence-corrected chi connectivity index (χ1v) is 6.34. The molecule has 1 amide bonds. The number of amides is 1. The molecule has 0 unspecified atom stereocenters. The fraction of sp³-hybridized carbons (Fsp3) is 0.417. The van der Waals surface area contributed by atoms with Crippen molar-refractivity contribution in [3.63, 3.8) is 0 Å². The van der Waals surface area contributed by atoms with E-state index in [2.05, 4.69) is 5.32 Å². The van der Waals surface area contributed by atoms with E-state index < -0.39 is 0 Å². The highest BCUT2D eigenvalue weighted by molar-refractivity contribution is 7.99. The van der Waals surface area contributed by atoms with Gasteiger partial charge in [-0.3, -0.25) is 4.79 Å². The van der Waals surface area contributed by atoms with E-state index in [1.165, 1.54) is 0 Å². The third-order valence-electron chi connectivity index (χ3n) is 3.27. The van der Waals surface area contributed by atoms with Crippen LogP contribution in [0.25, 0.3) is 0 Å². The summed E-state index contributed by atoms with van der Waals surface area (Å²) in [5.74, 6) is 1.86. The number of carbonyl (C=O) groups is 1. The van der Waals surface area contributed by atoms with Gasteiger partial charge in [0.2, 0.25) is 5.91 Å². The Morgan fingerprint density at radius 3 is 2.94 bits per heavy atom. The van der Waals surface area contributed by atoms with E-state index in [1.54, 1.807) is 18.9 Å². The molecule has 0 aromatic heterocycles. The molecular formula is C12H13NO2S. The SMILES string of the molecule is COc1ccc2c(c1)NC(=O)C1(CC1)CS2. The molecule has 16 heavy (non-hydrogen) atoms. The Morgan fingerprint density at radius 1 is 1.44 bits per heavy atom. The number of hydrogen-bond donors (Lipinski definition) is 1. The van der Waals surface area contributed by atoms with Gasteiger partial charge in [0.15, 0.2) is 0 Å². The molecule has 1 fully saturated rings. The summed E-state index contributed by atoms with van der Waals surface area (Å²) in [5.41, 5.74) is 0.801. The predicted octanol–water partition coefficient (Wildman–Crippen LogP) is 2.52. The molecule has 1 heterocycles. The van der Waals surface area contributed by atoms with Crippen molar-refractivity contribution >= 4 is 23.4 Å². The van der Waals surface area contributed by atoms with Crippen LogP contribution in [-0.2, 0) is 4.79 Å². The summed E-state index contributed by atoms with van der Waals surface area (Å²) in [7, 11) is 1.63. The molecule has 84 valence electrons. The molecule has 2 aliphatic rings. The molecule has 3 nitrogen and oxygen atoms in total. The Hall–Kier alpha value is -1.16.